The molecule has 6 heteroatoms. The summed E-state index contributed by atoms with van der Waals surface area (Å²) in [6.45, 7) is 6.43. The highest BCUT2D eigenvalue weighted by atomic mass is 16.5. The van der Waals surface area contributed by atoms with Crippen LogP contribution in [0.2, 0.25) is 0 Å². The summed E-state index contributed by atoms with van der Waals surface area (Å²) in [4.78, 5) is 26.2. The molecule has 0 saturated heterocycles. The summed E-state index contributed by atoms with van der Waals surface area (Å²) in [6.07, 6.45) is 63.2. The van der Waals surface area contributed by atoms with E-state index >= 15 is 0 Å². The molecular formula is C58H107NO5. The average Bonchev–Trinajstić information content (AvgIpc) is 3.29. The molecular weight excluding hydrogens is 791 g/mol. The third-order valence-corrected chi connectivity index (χ3v) is 12.6. The summed E-state index contributed by atoms with van der Waals surface area (Å²) in [5.74, 6) is -0.478. The van der Waals surface area contributed by atoms with E-state index in [1.165, 1.54) is 161 Å². The van der Waals surface area contributed by atoms with E-state index in [-0.39, 0.29) is 24.9 Å². The van der Waals surface area contributed by atoms with Crippen molar-refractivity contribution in [2.45, 2.75) is 302 Å². The highest BCUT2D eigenvalue weighted by Gasteiger charge is 2.24. The minimum absolute atomic E-state index is 0.0714. The number of unbranched alkanes of at least 4 members (excludes halogenated alkanes) is 30. The first-order valence-electron chi connectivity index (χ1n) is 27.9. The van der Waals surface area contributed by atoms with Gasteiger partial charge in [-0.15, -0.1) is 0 Å². The maximum atomic E-state index is 13.2. The van der Waals surface area contributed by atoms with Crippen molar-refractivity contribution in [3.63, 3.8) is 0 Å². The molecule has 64 heavy (non-hydrogen) atoms. The van der Waals surface area contributed by atoms with Crippen molar-refractivity contribution in [1.29, 1.82) is 0 Å². The minimum Gasteiger partial charge on any atom is -0.462 e. The van der Waals surface area contributed by atoms with E-state index in [1.807, 2.05) is 0 Å². The van der Waals surface area contributed by atoms with E-state index in [4.69, 9.17) is 4.74 Å². The van der Waals surface area contributed by atoms with Gasteiger partial charge < -0.3 is 20.3 Å². The predicted octanol–water partition coefficient (Wildman–Crippen LogP) is 17.0. The van der Waals surface area contributed by atoms with Crippen LogP contribution in [0, 0.1) is 0 Å². The van der Waals surface area contributed by atoms with Crippen molar-refractivity contribution >= 4 is 11.9 Å². The van der Waals surface area contributed by atoms with Crippen LogP contribution in [0.1, 0.15) is 284 Å². The lowest BCUT2D eigenvalue weighted by Crippen LogP contribution is -2.46. The lowest BCUT2D eigenvalue weighted by atomic mass is 10.0. The van der Waals surface area contributed by atoms with Crippen molar-refractivity contribution in [3.05, 3.63) is 48.6 Å². The summed E-state index contributed by atoms with van der Waals surface area (Å²) in [7, 11) is 0. The van der Waals surface area contributed by atoms with E-state index in [9.17, 15) is 19.8 Å². The standard InChI is InChI=1S/C58H107NO5/c1-4-7-10-13-16-19-21-23-25-27-28-30-32-34-36-39-42-45-48-51-58(63)64-54(49-46-43-40-38-35-33-31-29-26-24-22-20-17-14-11-8-5-2)52-57(62)59-55(53-60)56(61)50-47-44-41-37-18-15-12-9-6-3/h16-17,19-20,23-26,54-56,60-61H,4-15,18,21-22,27-53H2,1-3H3,(H,59,62)/b19-16-,20-17-,25-23-,26-24-. The number of ether oxygens (including phenoxy) is 1. The SMILES string of the molecule is CCCCC/C=C\C/C=C\CCCCCCCCCCCC(=O)OC(CCCCCCCCC/C=C\C/C=C\CCCCC)CC(=O)NC(CO)C(O)CCCCCCCCCCC. The molecule has 0 aliphatic carbocycles. The number of aliphatic hydroxyl groups excluding tert-OH is 2. The summed E-state index contributed by atoms with van der Waals surface area (Å²) in [6, 6.07) is -0.704. The number of rotatable bonds is 50. The number of hydrogen-bond acceptors (Lipinski definition) is 5. The molecule has 374 valence electrons. The Morgan fingerprint density at radius 2 is 0.797 bits per heavy atom. The van der Waals surface area contributed by atoms with Crippen LogP contribution in [0.25, 0.3) is 0 Å². The summed E-state index contributed by atoms with van der Waals surface area (Å²) < 4.78 is 5.95. The van der Waals surface area contributed by atoms with Crippen LogP contribution in [0.3, 0.4) is 0 Å². The van der Waals surface area contributed by atoms with Gasteiger partial charge in [0.1, 0.15) is 6.10 Å². The Hall–Kier alpha value is -2.18. The second-order valence-corrected chi connectivity index (χ2v) is 19.0. The molecule has 0 aromatic carbocycles. The first-order valence-corrected chi connectivity index (χ1v) is 27.9. The fourth-order valence-electron chi connectivity index (χ4n) is 8.37. The first-order chi connectivity index (χ1) is 31.5. The van der Waals surface area contributed by atoms with Gasteiger partial charge in [0.25, 0.3) is 0 Å². The number of nitrogens with one attached hydrogen (secondary N) is 1. The van der Waals surface area contributed by atoms with Crippen LogP contribution in [0.15, 0.2) is 48.6 Å². The third-order valence-electron chi connectivity index (χ3n) is 12.6. The smallest absolute Gasteiger partial charge is 0.306 e. The molecule has 0 aliphatic rings. The van der Waals surface area contributed by atoms with E-state index in [0.717, 1.165) is 77.0 Å². The first kappa shape index (κ1) is 61.8. The zero-order valence-corrected chi connectivity index (χ0v) is 42.7. The van der Waals surface area contributed by atoms with Gasteiger partial charge in [-0.25, -0.2) is 0 Å². The van der Waals surface area contributed by atoms with Crippen LogP contribution >= 0.6 is 0 Å². The maximum absolute atomic E-state index is 13.2. The van der Waals surface area contributed by atoms with E-state index in [0.29, 0.717) is 19.3 Å². The Labute approximate surface area is 397 Å². The van der Waals surface area contributed by atoms with Crippen LogP contribution in [-0.4, -0.2) is 46.9 Å². The van der Waals surface area contributed by atoms with Crippen LogP contribution in [-0.2, 0) is 14.3 Å². The predicted molar refractivity (Wildman–Crippen MR) is 278 cm³/mol. The van der Waals surface area contributed by atoms with Gasteiger partial charge in [0.05, 0.1) is 25.2 Å². The molecule has 0 saturated carbocycles. The lowest BCUT2D eigenvalue weighted by molar-refractivity contribution is -0.151. The van der Waals surface area contributed by atoms with Gasteiger partial charge in [-0.3, -0.25) is 9.59 Å². The van der Waals surface area contributed by atoms with Crippen LogP contribution in [0.5, 0.6) is 0 Å². The minimum atomic E-state index is -0.789. The monoisotopic (exact) mass is 898 g/mol. The number of aliphatic hydroxyl groups is 2. The lowest BCUT2D eigenvalue weighted by Gasteiger charge is -2.24. The zero-order chi connectivity index (χ0) is 46.7. The molecule has 0 heterocycles. The molecule has 0 spiro atoms. The topological polar surface area (TPSA) is 95.9 Å². The fraction of sp³-hybridized carbons (Fsp3) is 0.828. The molecule has 1 amide bonds. The molecule has 6 nitrogen and oxygen atoms in total. The van der Waals surface area contributed by atoms with Gasteiger partial charge in [-0.1, -0.05) is 230 Å². The Balaban J connectivity index is 4.54. The number of hydrogen-bond donors (Lipinski definition) is 3. The molecule has 0 fully saturated rings. The summed E-state index contributed by atoms with van der Waals surface area (Å²) in [5, 5.41) is 23.7. The normalized spacial score (nSPS) is 13.5. The number of allylic oxidation sites excluding steroid dienone is 8. The second-order valence-electron chi connectivity index (χ2n) is 19.0. The Morgan fingerprint density at radius 3 is 1.22 bits per heavy atom. The molecule has 0 aromatic rings. The molecule has 0 radical (unpaired) electrons. The molecule has 0 bridgehead atoms. The van der Waals surface area contributed by atoms with Crippen LogP contribution in [0.4, 0.5) is 0 Å². The van der Waals surface area contributed by atoms with Gasteiger partial charge >= 0.3 is 5.97 Å². The molecule has 3 N–H and O–H groups in total. The Bertz CT molecular complexity index is 1100. The molecule has 0 rings (SSSR count). The van der Waals surface area contributed by atoms with Gasteiger partial charge in [-0.2, -0.15) is 0 Å². The maximum Gasteiger partial charge on any atom is 0.306 e. The number of amides is 1. The highest BCUT2D eigenvalue weighted by Crippen LogP contribution is 2.18. The zero-order valence-electron chi connectivity index (χ0n) is 42.7. The van der Waals surface area contributed by atoms with Crippen molar-refractivity contribution < 1.29 is 24.5 Å². The molecule has 0 aromatic heterocycles. The van der Waals surface area contributed by atoms with Crippen molar-refractivity contribution in [3.8, 4) is 0 Å². The molecule has 0 aliphatic heterocycles. The highest BCUT2D eigenvalue weighted by molar-refractivity contribution is 5.77. The molecule has 3 atom stereocenters. The van der Waals surface area contributed by atoms with Gasteiger partial charge in [0.15, 0.2) is 0 Å². The van der Waals surface area contributed by atoms with Crippen molar-refractivity contribution in [2.24, 2.45) is 0 Å². The number of carbonyl (C=O) groups is 2. The van der Waals surface area contributed by atoms with E-state index in [2.05, 4.69) is 74.7 Å². The quantitative estimate of drug-likeness (QED) is 0.0321. The molecule has 3 unspecified atom stereocenters. The number of esters is 1. The summed E-state index contributed by atoms with van der Waals surface area (Å²) >= 11 is 0. The van der Waals surface area contributed by atoms with Crippen LogP contribution < -0.4 is 5.32 Å². The largest absolute Gasteiger partial charge is 0.462 e. The van der Waals surface area contributed by atoms with Gasteiger partial charge in [0.2, 0.25) is 5.91 Å². The fourth-order valence-corrected chi connectivity index (χ4v) is 8.37. The second kappa shape index (κ2) is 51.8. The van der Waals surface area contributed by atoms with Crippen molar-refractivity contribution in [1.82, 2.24) is 5.32 Å². The third kappa shape index (κ3) is 46.4. The number of carbonyl (C=O) groups excluding carboxylic acids is 2. The van der Waals surface area contributed by atoms with Gasteiger partial charge in [0, 0.05) is 6.42 Å². The Kier molecular flexibility index (Phi) is 50.0. The van der Waals surface area contributed by atoms with Crippen molar-refractivity contribution in [2.75, 3.05) is 6.61 Å². The van der Waals surface area contributed by atoms with Gasteiger partial charge in [-0.05, 0) is 89.9 Å². The summed E-state index contributed by atoms with van der Waals surface area (Å²) in [5.41, 5.74) is 0. The average molecular weight is 898 g/mol. The van der Waals surface area contributed by atoms with E-state index < -0.39 is 18.2 Å². The van der Waals surface area contributed by atoms with E-state index in [1.54, 1.807) is 0 Å². The Morgan fingerprint density at radius 1 is 0.453 bits per heavy atom.